The number of halogens is 1. The molecule has 21 heavy (non-hydrogen) atoms. The SMILES string of the molecule is CC(C)CNC(=O)C(C)n1nnc(-c2cccc(F)c2)n1. The van der Waals surface area contributed by atoms with Crippen molar-refractivity contribution in [1.29, 1.82) is 0 Å². The van der Waals surface area contributed by atoms with Crippen molar-refractivity contribution >= 4 is 5.91 Å². The number of hydrogen-bond acceptors (Lipinski definition) is 4. The van der Waals surface area contributed by atoms with Crippen LogP contribution in [0.5, 0.6) is 0 Å². The van der Waals surface area contributed by atoms with Crippen molar-refractivity contribution in [2.24, 2.45) is 5.92 Å². The second-order valence-electron chi connectivity index (χ2n) is 5.26. The Hall–Kier alpha value is -2.31. The average Bonchev–Trinajstić information content (AvgIpc) is 2.93. The summed E-state index contributed by atoms with van der Waals surface area (Å²) < 4.78 is 13.2. The van der Waals surface area contributed by atoms with E-state index in [-0.39, 0.29) is 17.5 Å². The molecule has 1 amide bonds. The molecule has 0 fully saturated rings. The van der Waals surface area contributed by atoms with E-state index in [0.29, 0.717) is 18.0 Å². The molecule has 1 aromatic heterocycles. The van der Waals surface area contributed by atoms with Gasteiger partial charge in [-0.05, 0) is 30.2 Å². The minimum absolute atomic E-state index is 0.174. The molecule has 0 aliphatic rings. The van der Waals surface area contributed by atoms with Crippen LogP contribution in [0.2, 0.25) is 0 Å². The first-order chi connectivity index (χ1) is 9.97. The van der Waals surface area contributed by atoms with Crippen molar-refractivity contribution in [2.45, 2.75) is 26.8 Å². The molecule has 112 valence electrons. The van der Waals surface area contributed by atoms with Gasteiger partial charge in [0.2, 0.25) is 11.7 Å². The number of carbonyl (C=O) groups excluding carboxylic acids is 1. The molecule has 1 N–H and O–H groups in total. The lowest BCUT2D eigenvalue weighted by Gasteiger charge is -2.12. The van der Waals surface area contributed by atoms with Gasteiger partial charge in [-0.3, -0.25) is 4.79 Å². The molecule has 2 rings (SSSR count). The summed E-state index contributed by atoms with van der Waals surface area (Å²) in [6.07, 6.45) is 0. The molecule has 0 aliphatic heterocycles. The maximum Gasteiger partial charge on any atom is 0.246 e. The fourth-order valence-corrected chi connectivity index (χ4v) is 1.69. The van der Waals surface area contributed by atoms with E-state index >= 15 is 0 Å². The third-order valence-electron chi connectivity index (χ3n) is 2.92. The Morgan fingerprint density at radius 3 is 2.81 bits per heavy atom. The van der Waals surface area contributed by atoms with Crippen molar-refractivity contribution in [2.75, 3.05) is 6.54 Å². The summed E-state index contributed by atoms with van der Waals surface area (Å²) in [4.78, 5) is 13.2. The predicted octanol–water partition coefficient (Wildman–Crippen LogP) is 1.81. The lowest BCUT2D eigenvalue weighted by atomic mass is 10.2. The first kappa shape index (κ1) is 15.1. The van der Waals surface area contributed by atoms with E-state index in [0.717, 1.165) is 0 Å². The van der Waals surface area contributed by atoms with Crippen LogP contribution >= 0.6 is 0 Å². The van der Waals surface area contributed by atoms with Crippen molar-refractivity contribution < 1.29 is 9.18 Å². The zero-order valence-corrected chi connectivity index (χ0v) is 12.2. The zero-order chi connectivity index (χ0) is 15.4. The standard InChI is InChI=1S/C14H18FN5O/c1-9(2)8-16-14(21)10(3)20-18-13(17-19-20)11-5-4-6-12(15)7-11/h4-7,9-10H,8H2,1-3H3,(H,16,21). The molecule has 7 heteroatoms. The van der Waals surface area contributed by atoms with Gasteiger partial charge >= 0.3 is 0 Å². The molecule has 0 bridgehead atoms. The van der Waals surface area contributed by atoms with Crippen LogP contribution in [0.1, 0.15) is 26.8 Å². The van der Waals surface area contributed by atoms with Crippen LogP contribution in [-0.4, -0.2) is 32.7 Å². The van der Waals surface area contributed by atoms with Crippen molar-refractivity contribution in [3.05, 3.63) is 30.1 Å². The van der Waals surface area contributed by atoms with Gasteiger partial charge in [-0.25, -0.2) is 4.39 Å². The number of carbonyl (C=O) groups is 1. The third-order valence-corrected chi connectivity index (χ3v) is 2.92. The molecule has 2 aromatic rings. The normalized spacial score (nSPS) is 12.4. The van der Waals surface area contributed by atoms with Gasteiger partial charge in [0.25, 0.3) is 0 Å². The molecule has 0 radical (unpaired) electrons. The fraction of sp³-hybridized carbons (Fsp3) is 0.429. The molecule has 1 unspecified atom stereocenters. The summed E-state index contributed by atoms with van der Waals surface area (Å²) in [7, 11) is 0. The van der Waals surface area contributed by atoms with Crippen molar-refractivity contribution in [3.63, 3.8) is 0 Å². The van der Waals surface area contributed by atoms with Crippen LogP contribution in [0.25, 0.3) is 11.4 Å². The number of hydrogen-bond donors (Lipinski definition) is 1. The average molecular weight is 291 g/mol. The van der Waals surface area contributed by atoms with E-state index < -0.39 is 6.04 Å². The number of aromatic nitrogens is 4. The maximum atomic E-state index is 13.2. The molecule has 6 nitrogen and oxygen atoms in total. The summed E-state index contributed by atoms with van der Waals surface area (Å²) in [5, 5.41) is 14.7. The van der Waals surface area contributed by atoms with Gasteiger partial charge in [0.05, 0.1) is 0 Å². The molecule has 0 spiro atoms. The molecule has 0 saturated carbocycles. The van der Waals surface area contributed by atoms with Gasteiger partial charge in [-0.1, -0.05) is 26.0 Å². The Balaban J connectivity index is 2.10. The lowest BCUT2D eigenvalue weighted by molar-refractivity contribution is -0.124. The molecular formula is C14H18FN5O. The second kappa shape index (κ2) is 6.43. The highest BCUT2D eigenvalue weighted by Crippen LogP contribution is 2.15. The highest BCUT2D eigenvalue weighted by Gasteiger charge is 2.18. The summed E-state index contributed by atoms with van der Waals surface area (Å²) in [5.41, 5.74) is 0.524. The Bertz CT molecular complexity index is 625. The van der Waals surface area contributed by atoms with Crippen LogP contribution in [-0.2, 0) is 4.79 Å². The zero-order valence-electron chi connectivity index (χ0n) is 12.2. The van der Waals surface area contributed by atoms with Gasteiger partial charge in [0.15, 0.2) is 0 Å². The molecule has 0 aliphatic carbocycles. The molecule has 0 saturated heterocycles. The fourth-order valence-electron chi connectivity index (χ4n) is 1.69. The summed E-state index contributed by atoms with van der Waals surface area (Å²) >= 11 is 0. The Morgan fingerprint density at radius 2 is 2.14 bits per heavy atom. The Labute approximate surface area is 122 Å². The quantitative estimate of drug-likeness (QED) is 0.912. The van der Waals surface area contributed by atoms with E-state index in [2.05, 4.69) is 20.7 Å². The monoisotopic (exact) mass is 291 g/mol. The smallest absolute Gasteiger partial charge is 0.246 e. The van der Waals surface area contributed by atoms with E-state index in [1.54, 1.807) is 19.1 Å². The highest BCUT2D eigenvalue weighted by molar-refractivity contribution is 5.79. The number of amides is 1. The number of nitrogens with zero attached hydrogens (tertiary/aromatic N) is 4. The first-order valence-electron chi connectivity index (χ1n) is 6.80. The molecule has 1 aromatic carbocycles. The number of benzene rings is 1. The Morgan fingerprint density at radius 1 is 1.38 bits per heavy atom. The third kappa shape index (κ3) is 3.84. The van der Waals surface area contributed by atoms with Gasteiger partial charge < -0.3 is 5.32 Å². The maximum absolute atomic E-state index is 13.2. The molecule has 1 heterocycles. The summed E-state index contributed by atoms with van der Waals surface area (Å²) in [6.45, 7) is 6.31. The van der Waals surface area contributed by atoms with E-state index in [4.69, 9.17) is 0 Å². The highest BCUT2D eigenvalue weighted by atomic mass is 19.1. The van der Waals surface area contributed by atoms with Gasteiger partial charge in [-0.2, -0.15) is 4.80 Å². The number of nitrogens with one attached hydrogen (secondary N) is 1. The summed E-state index contributed by atoms with van der Waals surface area (Å²) in [5.74, 6) is 0.115. The van der Waals surface area contributed by atoms with Gasteiger partial charge in [-0.15, -0.1) is 10.2 Å². The minimum atomic E-state index is -0.571. The van der Waals surface area contributed by atoms with E-state index in [1.165, 1.54) is 16.9 Å². The van der Waals surface area contributed by atoms with Crippen LogP contribution in [0, 0.1) is 11.7 Å². The van der Waals surface area contributed by atoms with Gasteiger partial charge in [0, 0.05) is 12.1 Å². The number of rotatable bonds is 5. The van der Waals surface area contributed by atoms with Gasteiger partial charge in [0.1, 0.15) is 11.9 Å². The molecule has 1 atom stereocenters. The van der Waals surface area contributed by atoms with Crippen molar-refractivity contribution in [3.8, 4) is 11.4 Å². The topological polar surface area (TPSA) is 72.7 Å². The summed E-state index contributed by atoms with van der Waals surface area (Å²) in [6, 6.07) is 5.36. The van der Waals surface area contributed by atoms with Crippen LogP contribution in [0.3, 0.4) is 0 Å². The largest absolute Gasteiger partial charge is 0.354 e. The number of tetrazole rings is 1. The van der Waals surface area contributed by atoms with Crippen LogP contribution < -0.4 is 5.32 Å². The minimum Gasteiger partial charge on any atom is -0.354 e. The van der Waals surface area contributed by atoms with Crippen molar-refractivity contribution in [1.82, 2.24) is 25.5 Å². The Kier molecular flexibility index (Phi) is 4.62. The van der Waals surface area contributed by atoms with E-state index in [9.17, 15) is 9.18 Å². The predicted molar refractivity (Wildman–Crippen MR) is 75.8 cm³/mol. The van der Waals surface area contributed by atoms with E-state index in [1.807, 2.05) is 13.8 Å². The lowest BCUT2D eigenvalue weighted by Crippen LogP contribution is -2.34. The first-order valence-corrected chi connectivity index (χ1v) is 6.80. The molecular weight excluding hydrogens is 273 g/mol. The second-order valence-corrected chi connectivity index (χ2v) is 5.26. The van der Waals surface area contributed by atoms with Crippen LogP contribution in [0.15, 0.2) is 24.3 Å². The van der Waals surface area contributed by atoms with Crippen LogP contribution in [0.4, 0.5) is 4.39 Å².